The number of nitro groups is 1. The highest BCUT2D eigenvalue weighted by molar-refractivity contribution is 7.89. The fraction of sp³-hybridized carbons (Fsp3) is 0.333. The van der Waals surface area contributed by atoms with Gasteiger partial charge in [-0.3, -0.25) is 10.1 Å². The van der Waals surface area contributed by atoms with Gasteiger partial charge in [-0.1, -0.05) is 0 Å². The molecule has 0 aliphatic heterocycles. The van der Waals surface area contributed by atoms with Gasteiger partial charge in [0, 0.05) is 18.3 Å². The first-order valence-corrected chi connectivity index (χ1v) is 8.77. The Morgan fingerprint density at radius 3 is 2.38 bits per heavy atom. The van der Waals surface area contributed by atoms with Crippen molar-refractivity contribution >= 4 is 31.4 Å². The molecule has 1 aromatic carbocycles. The van der Waals surface area contributed by atoms with E-state index in [0.29, 0.717) is 0 Å². The fourth-order valence-corrected chi connectivity index (χ4v) is 3.28. The van der Waals surface area contributed by atoms with E-state index < -0.39 is 41.3 Å². The summed E-state index contributed by atoms with van der Waals surface area (Å²) in [6, 6.07) is 3.15. The Morgan fingerprint density at radius 2 is 1.86 bits per heavy atom. The summed E-state index contributed by atoms with van der Waals surface area (Å²) < 4.78 is 47.4. The smallest absolute Gasteiger partial charge is 0.289 e. The Hall–Kier alpha value is -1.76. The molecule has 5 N–H and O–H groups in total. The van der Waals surface area contributed by atoms with Gasteiger partial charge in [-0.05, 0) is 18.6 Å². The van der Waals surface area contributed by atoms with Gasteiger partial charge < -0.3 is 5.73 Å². The maximum atomic E-state index is 12.0. The van der Waals surface area contributed by atoms with Gasteiger partial charge in [0.05, 0.1) is 10.7 Å². The Morgan fingerprint density at radius 1 is 1.24 bits per heavy atom. The summed E-state index contributed by atoms with van der Waals surface area (Å²) in [4.78, 5) is 9.39. The van der Waals surface area contributed by atoms with Crippen LogP contribution in [-0.2, 0) is 20.0 Å². The van der Waals surface area contributed by atoms with Crippen molar-refractivity contribution < 1.29 is 21.8 Å². The Bertz CT molecular complexity index is 744. The zero-order valence-corrected chi connectivity index (χ0v) is 12.4. The molecule has 0 saturated heterocycles. The molecule has 0 spiro atoms. The molecule has 1 aromatic rings. The highest BCUT2D eigenvalue weighted by Crippen LogP contribution is 2.25. The third kappa shape index (κ3) is 5.26. The van der Waals surface area contributed by atoms with E-state index in [2.05, 4.69) is 4.72 Å². The Kier molecular flexibility index (Phi) is 5.22. The molecule has 0 radical (unpaired) electrons. The monoisotopic (exact) mass is 338 g/mol. The lowest BCUT2D eigenvalue weighted by atomic mass is 10.3. The molecular weight excluding hydrogens is 324 g/mol. The van der Waals surface area contributed by atoms with Gasteiger partial charge in [-0.2, -0.15) is 0 Å². The number of nitro benzene ring substituents is 1. The molecule has 0 aliphatic carbocycles. The lowest BCUT2D eigenvalue weighted by Crippen LogP contribution is -2.28. The van der Waals surface area contributed by atoms with Crippen molar-refractivity contribution in [1.29, 1.82) is 0 Å². The topological polar surface area (TPSA) is 175 Å². The van der Waals surface area contributed by atoms with Gasteiger partial charge in [0.1, 0.15) is 0 Å². The second-order valence-corrected chi connectivity index (χ2v) is 7.57. The molecule has 0 aliphatic rings. The van der Waals surface area contributed by atoms with E-state index in [-0.39, 0.29) is 18.7 Å². The predicted molar refractivity (Wildman–Crippen MR) is 75.3 cm³/mol. The molecular formula is C9H14N4O6S2. The molecule has 10 nitrogen and oxygen atoms in total. The van der Waals surface area contributed by atoms with Gasteiger partial charge >= 0.3 is 0 Å². The summed E-state index contributed by atoms with van der Waals surface area (Å²) in [5.74, 6) is -0.408. The Balaban J connectivity index is 2.93. The van der Waals surface area contributed by atoms with Crippen molar-refractivity contribution in [2.45, 2.75) is 11.3 Å². The maximum absolute atomic E-state index is 12.0. The summed E-state index contributed by atoms with van der Waals surface area (Å²) in [6.07, 6.45) is -0.0613. The average Bonchev–Trinajstić information content (AvgIpc) is 2.33. The third-order valence-corrected chi connectivity index (χ3v) is 4.72. The molecule has 21 heavy (non-hydrogen) atoms. The van der Waals surface area contributed by atoms with Crippen LogP contribution >= 0.6 is 0 Å². The van der Waals surface area contributed by atoms with Gasteiger partial charge in [0.25, 0.3) is 5.69 Å². The van der Waals surface area contributed by atoms with Gasteiger partial charge in [-0.25, -0.2) is 26.7 Å². The summed E-state index contributed by atoms with van der Waals surface area (Å²) >= 11 is 0. The largest absolute Gasteiger partial charge is 0.399 e. The molecule has 0 aromatic heterocycles. The second kappa shape index (κ2) is 6.34. The normalized spacial score (nSPS) is 12.2. The number of nitrogens with zero attached hydrogens (tertiary/aromatic N) is 1. The quantitative estimate of drug-likeness (QED) is 0.250. The SMILES string of the molecule is Nc1ccc([N+](=O)[O-])c(S(=O)(=O)NCCCS(N)(=O)=O)c1. The van der Waals surface area contributed by atoms with Crippen molar-refractivity contribution in [3.05, 3.63) is 28.3 Å². The number of benzene rings is 1. The molecule has 0 atom stereocenters. The minimum absolute atomic E-state index is 0.0468. The molecule has 12 heteroatoms. The van der Waals surface area contributed by atoms with Crippen molar-refractivity contribution in [3.8, 4) is 0 Å². The van der Waals surface area contributed by atoms with E-state index in [0.717, 1.165) is 12.1 Å². The van der Waals surface area contributed by atoms with Crippen molar-refractivity contribution in [3.63, 3.8) is 0 Å². The molecule has 0 heterocycles. The van der Waals surface area contributed by atoms with Crippen LogP contribution in [0.2, 0.25) is 0 Å². The zero-order valence-electron chi connectivity index (χ0n) is 10.7. The maximum Gasteiger partial charge on any atom is 0.289 e. The van der Waals surface area contributed by atoms with E-state index in [9.17, 15) is 26.9 Å². The third-order valence-electron chi connectivity index (χ3n) is 2.37. The summed E-state index contributed by atoms with van der Waals surface area (Å²) in [5.41, 5.74) is 4.85. The van der Waals surface area contributed by atoms with Crippen LogP contribution in [0.5, 0.6) is 0 Å². The van der Waals surface area contributed by atoms with Crippen molar-refractivity contribution in [1.82, 2.24) is 4.72 Å². The summed E-state index contributed by atoms with van der Waals surface area (Å²) in [5, 5.41) is 15.6. The molecule has 1 rings (SSSR count). The van der Waals surface area contributed by atoms with Gasteiger partial charge in [0.15, 0.2) is 4.90 Å². The van der Waals surface area contributed by atoms with E-state index in [4.69, 9.17) is 10.9 Å². The highest BCUT2D eigenvalue weighted by Gasteiger charge is 2.25. The van der Waals surface area contributed by atoms with Gasteiger partial charge in [0.2, 0.25) is 20.0 Å². The number of nitrogens with one attached hydrogen (secondary N) is 1. The van der Waals surface area contributed by atoms with Gasteiger partial charge in [-0.15, -0.1) is 0 Å². The number of nitrogens with two attached hydrogens (primary N) is 2. The van der Waals surface area contributed by atoms with E-state index in [1.165, 1.54) is 6.07 Å². The molecule has 0 saturated carbocycles. The number of hydrogen-bond acceptors (Lipinski definition) is 7. The van der Waals surface area contributed by atoms with E-state index in [1.807, 2.05) is 0 Å². The van der Waals surface area contributed by atoms with Crippen molar-refractivity contribution in [2.75, 3.05) is 18.0 Å². The number of anilines is 1. The first-order chi connectivity index (χ1) is 9.53. The predicted octanol–water partition coefficient (Wildman–Crippen LogP) is -0.866. The number of rotatable bonds is 7. The lowest BCUT2D eigenvalue weighted by molar-refractivity contribution is -0.387. The van der Waals surface area contributed by atoms with Crippen LogP contribution in [-0.4, -0.2) is 34.1 Å². The van der Waals surface area contributed by atoms with E-state index in [1.54, 1.807) is 0 Å². The minimum Gasteiger partial charge on any atom is -0.399 e. The molecule has 118 valence electrons. The lowest BCUT2D eigenvalue weighted by Gasteiger charge is -2.07. The van der Waals surface area contributed by atoms with Crippen LogP contribution < -0.4 is 15.6 Å². The number of nitrogen functional groups attached to an aromatic ring is 1. The fourth-order valence-electron chi connectivity index (χ4n) is 1.45. The van der Waals surface area contributed by atoms with Crippen LogP contribution in [0.3, 0.4) is 0 Å². The first kappa shape index (κ1) is 17.3. The molecule has 0 unspecified atom stereocenters. The standard InChI is InChI=1S/C9H14N4O6S2/c10-7-2-3-8(13(14)15)9(6-7)21(18,19)12-4-1-5-20(11,16)17/h2-3,6,12H,1,4-5,10H2,(H2,11,16,17). The van der Waals surface area contributed by atoms with Crippen LogP contribution in [0.4, 0.5) is 11.4 Å². The van der Waals surface area contributed by atoms with Crippen LogP contribution in [0, 0.1) is 10.1 Å². The van der Waals surface area contributed by atoms with Crippen LogP contribution in [0.1, 0.15) is 6.42 Å². The van der Waals surface area contributed by atoms with Crippen LogP contribution in [0.25, 0.3) is 0 Å². The second-order valence-electron chi connectivity index (χ2n) is 4.10. The van der Waals surface area contributed by atoms with E-state index >= 15 is 0 Å². The average molecular weight is 338 g/mol. The number of primary sulfonamides is 1. The van der Waals surface area contributed by atoms with Crippen LogP contribution in [0.15, 0.2) is 23.1 Å². The molecule has 0 fully saturated rings. The number of sulfonamides is 2. The molecule has 0 amide bonds. The Labute approximate surface area is 121 Å². The zero-order chi connectivity index (χ0) is 16.3. The van der Waals surface area contributed by atoms with Crippen molar-refractivity contribution in [2.24, 2.45) is 5.14 Å². The summed E-state index contributed by atoms with van der Waals surface area (Å²) in [7, 11) is -7.88. The minimum atomic E-state index is -4.18. The molecule has 0 bridgehead atoms. The first-order valence-electron chi connectivity index (χ1n) is 5.57. The number of hydrogen-bond donors (Lipinski definition) is 3. The highest BCUT2D eigenvalue weighted by atomic mass is 32.2. The summed E-state index contributed by atoms with van der Waals surface area (Å²) in [6.45, 7) is -0.231.